The molecule has 212 valence electrons. The van der Waals surface area contributed by atoms with E-state index < -0.39 is 0 Å². The molecule has 41 heavy (non-hydrogen) atoms. The van der Waals surface area contributed by atoms with Gasteiger partial charge in [-0.05, 0) is 31.4 Å². The third-order valence-electron chi connectivity index (χ3n) is 7.81. The van der Waals surface area contributed by atoms with Crippen LogP contribution in [0.1, 0.15) is 24.1 Å². The van der Waals surface area contributed by atoms with Crippen LogP contribution >= 0.6 is 0 Å². The third kappa shape index (κ3) is 5.65. The predicted octanol–water partition coefficient (Wildman–Crippen LogP) is 3.41. The van der Waals surface area contributed by atoms with Crippen molar-refractivity contribution in [2.24, 2.45) is 0 Å². The summed E-state index contributed by atoms with van der Waals surface area (Å²) in [6.07, 6.45) is 7.82. The van der Waals surface area contributed by atoms with Crippen LogP contribution < -0.4 is 14.5 Å². The molecular weight excluding hydrogens is 525 g/mol. The zero-order valence-electron chi connectivity index (χ0n) is 22.8. The van der Waals surface area contributed by atoms with Crippen molar-refractivity contribution in [3.63, 3.8) is 0 Å². The number of fused-ring (bicyclic) bond motifs is 2. The normalized spacial score (nSPS) is 18.6. The first-order valence-corrected chi connectivity index (χ1v) is 14.0. The van der Waals surface area contributed by atoms with Gasteiger partial charge < -0.3 is 29.0 Å². The van der Waals surface area contributed by atoms with Crippen molar-refractivity contribution in [1.29, 1.82) is 0 Å². The summed E-state index contributed by atoms with van der Waals surface area (Å²) in [6.45, 7) is 14.6. The number of carbonyl (C=O) groups is 1. The molecule has 1 saturated carbocycles. The fourth-order valence-electron chi connectivity index (χ4n) is 5.63. The molecule has 11 heteroatoms. The van der Waals surface area contributed by atoms with Gasteiger partial charge in [0.05, 0.1) is 36.8 Å². The molecule has 2 aliphatic heterocycles. The minimum absolute atomic E-state index is 0.172. The number of ether oxygens (including phenoxy) is 2. The molecule has 6 rings (SSSR count). The lowest BCUT2D eigenvalue weighted by Gasteiger charge is -2.41. The molecule has 1 aliphatic carbocycles. The highest BCUT2D eigenvalue weighted by atomic mass is 19.1. The van der Waals surface area contributed by atoms with E-state index in [1.54, 1.807) is 23.4 Å². The monoisotopic (exact) mass is 557 g/mol. The van der Waals surface area contributed by atoms with E-state index in [0.717, 1.165) is 41.0 Å². The van der Waals surface area contributed by atoms with Gasteiger partial charge in [-0.25, -0.2) is 11.0 Å². The predicted molar refractivity (Wildman–Crippen MR) is 152 cm³/mol. The smallest absolute Gasteiger partial charge is 0.318 e. The molecule has 0 unspecified atom stereocenters. The van der Waals surface area contributed by atoms with Gasteiger partial charge in [-0.3, -0.25) is 9.78 Å². The van der Waals surface area contributed by atoms with Gasteiger partial charge in [0.25, 0.3) is 0 Å². The summed E-state index contributed by atoms with van der Waals surface area (Å²) >= 11 is 0. The summed E-state index contributed by atoms with van der Waals surface area (Å²) < 4.78 is 26.6. The Hall–Kier alpha value is -4.30. The molecule has 1 saturated heterocycles. The number of halogens is 1. The van der Waals surface area contributed by atoms with E-state index in [1.165, 1.54) is 12.1 Å². The van der Waals surface area contributed by atoms with Gasteiger partial charge >= 0.3 is 6.01 Å². The molecule has 0 radical (unpaired) electrons. The van der Waals surface area contributed by atoms with E-state index in [9.17, 15) is 9.18 Å². The number of piperazine rings is 1. The number of aromatic nitrogens is 3. The van der Waals surface area contributed by atoms with Crippen LogP contribution in [0.4, 0.5) is 15.9 Å². The van der Waals surface area contributed by atoms with Crippen LogP contribution in [0.2, 0.25) is 0 Å². The van der Waals surface area contributed by atoms with E-state index in [-0.39, 0.29) is 30.3 Å². The van der Waals surface area contributed by atoms with E-state index in [4.69, 9.17) is 26.0 Å². The molecule has 10 nitrogen and oxygen atoms in total. The van der Waals surface area contributed by atoms with Crippen LogP contribution in [-0.4, -0.2) is 83.8 Å². The number of nitrogens with zero attached hydrogens (tertiary/aromatic N) is 7. The zero-order chi connectivity index (χ0) is 28.3. The number of amides is 1. The van der Waals surface area contributed by atoms with Gasteiger partial charge in [-0.15, -0.1) is 0 Å². The molecule has 0 N–H and O–H groups in total. The Balaban J connectivity index is 1.31. The van der Waals surface area contributed by atoms with Gasteiger partial charge in [0.1, 0.15) is 24.3 Å². The Kier molecular flexibility index (Phi) is 7.65. The highest BCUT2D eigenvalue weighted by Crippen LogP contribution is 2.35. The van der Waals surface area contributed by atoms with E-state index in [1.807, 2.05) is 6.07 Å². The first-order chi connectivity index (χ1) is 20.1. The van der Waals surface area contributed by atoms with Crippen molar-refractivity contribution in [2.45, 2.75) is 38.0 Å². The Bertz CT molecular complexity index is 1500. The molecule has 0 spiro atoms. The van der Waals surface area contributed by atoms with Crippen molar-refractivity contribution in [3.8, 4) is 6.01 Å². The second-order valence-corrected chi connectivity index (χ2v) is 10.5. The van der Waals surface area contributed by atoms with E-state index in [2.05, 4.69) is 26.2 Å². The van der Waals surface area contributed by atoms with Gasteiger partial charge in [-0.1, -0.05) is 18.7 Å². The molecule has 1 atom stereocenters. The largest absolute Gasteiger partial charge is 0.461 e. The molecule has 3 aromatic rings. The lowest BCUT2D eigenvalue weighted by atomic mass is 10.0. The molecule has 2 fully saturated rings. The van der Waals surface area contributed by atoms with Crippen molar-refractivity contribution in [3.05, 3.63) is 71.7 Å². The fourth-order valence-corrected chi connectivity index (χ4v) is 5.63. The quantitative estimate of drug-likeness (QED) is 0.225. The number of pyridine rings is 1. The number of benzene rings is 1. The summed E-state index contributed by atoms with van der Waals surface area (Å²) in [5.74, 6) is 0.302. The van der Waals surface area contributed by atoms with Crippen molar-refractivity contribution < 1.29 is 18.7 Å². The second-order valence-electron chi connectivity index (χ2n) is 10.5. The third-order valence-corrected chi connectivity index (χ3v) is 7.81. The first-order valence-electron chi connectivity index (χ1n) is 14.0. The standard InChI is InChI=1S/C30H32FN7O3/c1-3-27(39)38-12-11-37(18-21(38)16-32-2)29-23-9-10-36(26-17-33-15-20-5-4-6-24(31)28(20)26)19-25(23)34-30(35-29)41-14-13-40-22-7-8-22/h3-6,15,17,21-22H,1,7-14,16,18-19H2/t21-/m0/s1. The van der Waals surface area contributed by atoms with Gasteiger partial charge in [0.2, 0.25) is 12.5 Å². The van der Waals surface area contributed by atoms with Crippen LogP contribution in [0, 0.1) is 12.4 Å². The average molecular weight is 558 g/mol. The SMILES string of the molecule is [C-]#[N+]C[C@H]1CN(c2nc(OCCOC3CC3)nc3c2CCN(c2cncc4cccc(F)c24)C3)CCN1C(=O)C=C. The highest BCUT2D eigenvalue weighted by molar-refractivity contribution is 5.94. The highest BCUT2D eigenvalue weighted by Gasteiger charge is 2.35. The Labute approximate surface area is 238 Å². The molecule has 3 aliphatic rings. The summed E-state index contributed by atoms with van der Waals surface area (Å²) in [5.41, 5.74) is 2.53. The van der Waals surface area contributed by atoms with Gasteiger partial charge in [0, 0.05) is 48.7 Å². The average Bonchev–Trinajstić information content (AvgIpc) is 3.83. The van der Waals surface area contributed by atoms with Crippen molar-refractivity contribution in [1.82, 2.24) is 19.9 Å². The summed E-state index contributed by atoms with van der Waals surface area (Å²) in [6, 6.07) is 5.00. The number of rotatable bonds is 9. The zero-order valence-corrected chi connectivity index (χ0v) is 22.8. The maximum atomic E-state index is 14.9. The summed E-state index contributed by atoms with van der Waals surface area (Å²) in [7, 11) is 0. The van der Waals surface area contributed by atoms with Crippen LogP contribution in [0.25, 0.3) is 15.6 Å². The van der Waals surface area contributed by atoms with Crippen LogP contribution in [-0.2, 0) is 22.5 Å². The Morgan fingerprint density at radius 1 is 1.17 bits per heavy atom. The number of hydrogen-bond acceptors (Lipinski definition) is 8. The minimum atomic E-state index is -0.286. The Morgan fingerprint density at radius 3 is 2.85 bits per heavy atom. The van der Waals surface area contributed by atoms with Crippen molar-refractivity contribution >= 4 is 28.2 Å². The fraction of sp³-hybridized carbons (Fsp3) is 0.433. The number of anilines is 2. The topological polar surface area (TPSA) is 88.3 Å². The molecule has 1 amide bonds. The molecule has 2 aromatic heterocycles. The molecule has 4 heterocycles. The maximum Gasteiger partial charge on any atom is 0.318 e. The van der Waals surface area contributed by atoms with E-state index in [0.29, 0.717) is 63.8 Å². The summed E-state index contributed by atoms with van der Waals surface area (Å²) in [5, 5.41) is 1.29. The van der Waals surface area contributed by atoms with Crippen LogP contribution in [0.5, 0.6) is 6.01 Å². The summed E-state index contributed by atoms with van der Waals surface area (Å²) in [4.78, 5) is 36.0. The van der Waals surface area contributed by atoms with Gasteiger partial charge in [0.15, 0.2) is 0 Å². The van der Waals surface area contributed by atoms with Crippen LogP contribution in [0.3, 0.4) is 0 Å². The molecular formula is C30H32FN7O3. The van der Waals surface area contributed by atoms with E-state index >= 15 is 0 Å². The molecule has 1 aromatic carbocycles. The lowest BCUT2D eigenvalue weighted by molar-refractivity contribution is -0.128. The van der Waals surface area contributed by atoms with Crippen LogP contribution in [0.15, 0.2) is 43.2 Å². The first kappa shape index (κ1) is 26.9. The van der Waals surface area contributed by atoms with Crippen molar-refractivity contribution in [2.75, 3.05) is 55.7 Å². The maximum absolute atomic E-state index is 14.9. The second kappa shape index (κ2) is 11.7. The minimum Gasteiger partial charge on any atom is -0.461 e. The number of carbonyl (C=O) groups excluding carboxylic acids is 1. The van der Waals surface area contributed by atoms with Gasteiger partial charge in [-0.2, -0.15) is 9.97 Å². The molecule has 0 bridgehead atoms. The number of hydrogen-bond donors (Lipinski definition) is 0. The lowest BCUT2D eigenvalue weighted by Crippen LogP contribution is -2.56. The Morgan fingerprint density at radius 2 is 2.05 bits per heavy atom.